The number of halogens is 1. The monoisotopic (exact) mass is 469 g/mol. The molecule has 33 heavy (non-hydrogen) atoms. The van der Waals surface area contributed by atoms with Crippen LogP contribution < -0.4 is 4.74 Å². The van der Waals surface area contributed by atoms with Crippen molar-refractivity contribution < 1.29 is 14.6 Å². The van der Waals surface area contributed by atoms with Crippen LogP contribution in [0.3, 0.4) is 0 Å². The first-order valence-electron chi connectivity index (χ1n) is 13.0. The highest BCUT2D eigenvalue weighted by Gasteiger charge is 2.42. The minimum atomic E-state index is -0.611. The fourth-order valence-corrected chi connectivity index (χ4v) is 7.14. The maximum atomic E-state index is 11.6. The van der Waals surface area contributed by atoms with E-state index < -0.39 is 5.97 Å². The van der Waals surface area contributed by atoms with Gasteiger partial charge < -0.3 is 9.84 Å². The van der Waals surface area contributed by atoms with Gasteiger partial charge in [-0.1, -0.05) is 44.2 Å². The summed E-state index contributed by atoms with van der Waals surface area (Å²) in [7, 11) is 0. The number of hydrogen-bond donors (Lipinski definition) is 1. The number of benzene rings is 1. The fraction of sp³-hybridized carbons (Fsp3) is 0.643. The molecule has 1 aromatic carbocycles. The van der Waals surface area contributed by atoms with E-state index in [0.29, 0.717) is 22.8 Å². The zero-order valence-corrected chi connectivity index (χ0v) is 20.4. The van der Waals surface area contributed by atoms with E-state index in [1.807, 2.05) is 12.1 Å². The molecule has 1 N–H and O–H groups in total. The lowest BCUT2D eigenvalue weighted by atomic mass is 9.60. The van der Waals surface area contributed by atoms with Gasteiger partial charge >= 0.3 is 5.97 Å². The summed E-state index contributed by atoms with van der Waals surface area (Å²) >= 11 is 6.76. The van der Waals surface area contributed by atoms with Crippen LogP contribution in [0.25, 0.3) is 10.9 Å². The van der Waals surface area contributed by atoms with E-state index in [-0.39, 0.29) is 12.0 Å². The van der Waals surface area contributed by atoms with Crippen LogP contribution in [-0.2, 0) is 11.2 Å². The van der Waals surface area contributed by atoms with Crippen LogP contribution in [0.2, 0.25) is 5.02 Å². The van der Waals surface area contributed by atoms with E-state index in [0.717, 1.165) is 73.2 Å². The van der Waals surface area contributed by atoms with Crippen LogP contribution in [0.1, 0.15) is 76.8 Å². The molecule has 0 saturated heterocycles. The van der Waals surface area contributed by atoms with Crippen molar-refractivity contribution in [2.75, 3.05) is 0 Å². The second kappa shape index (κ2) is 9.82. The van der Waals surface area contributed by atoms with Gasteiger partial charge in [0.1, 0.15) is 5.75 Å². The molecule has 5 rings (SSSR count). The molecule has 1 aromatic heterocycles. The first-order chi connectivity index (χ1) is 16.0. The summed E-state index contributed by atoms with van der Waals surface area (Å²) < 4.78 is 6.31. The largest absolute Gasteiger partial charge is 0.489 e. The highest BCUT2D eigenvalue weighted by molar-refractivity contribution is 6.36. The van der Waals surface area contributed by atoms with E-state index in [1.54, 1.807) is 0 Å². The molecule has 0 amide bonds. The summed E-state index contributed by atoms with van der Waals surface area (Å²) in [6.45, 7) is 2.28. The predicted octanol–water partition coefficient (Wildman–Crippen LogP) is 7.31. The van der Waals surface area contributed by atoms with Crippen molar-refractivity contribution >= 4 is 28.5 Å². The van der Waals surface area contributed by atoms with Crippen molar-refractivity contribution in [2.45, 2.75) is 83.7 Å². The molecule has 2 bridgehead atoms. The molecule has 2 unspecified atom stereocenters. The smallest absolute Gasteiger partial charge is 0.306 e. The van der Waals surface area contributed by atoms with Crippen LogP contribution in [0, 0.1) is 29.6 Å². The number of hydrogen-bond acceptors (Lipinski definition) is 3. The lowest BCUT2D eigenvalue weighted by Gasteiger charge is -2.45. The Morgan fingerprint density at radius 3 is 2.45 bits per heavy atom. The summed E-state index contributed by atoms with van der Waals surface area (Å²) in [6.07, 6.45) is 12.4. The fourth-order valence-electron chi connectivity index (χ4n) is 6.88. The van der Waals surface area contributed by atoms with Crippen molar-refractivity contribution in [3.8, 4) is 5.75 Å². The highest BCUT2D eigenvalue weighted by Crippen LogP contribution is 2.48. The van der Waals surface area contributed by atoms with Crippen molar-refractivity contribution in [2.24, 2.45) is 29.6 Å². The predicted molar refractivity (Wildman–Crippen MR) is 132 cm³/mol. The lowest BCUT2D eigenvalue weighted by Crippen LogP contribution is -2.39. The molecule has 3 saturated carbocycles. The molecule has 4 nitrogen and oxygen atoms in total. The number of carboxylic acid groups (broad SMARTS) is 1. The molecule has 2 atom stereocenters. The van der Waals surface area contributed by atoms with Gasteiger partial charge in [0.15, 0.2) is 0 Å². The third-order valence-corrected chi connectivity index (χ3v) is 9.21. The van der Waals surface area contributed by atoms with Gasteiger partial charge in [-0.2, -0.15) is 0 Å². The number of fused-ring (bicyclic) bond motifs is 3. The van der Waals surface area contributed by atoms with Crippen LogP contribution >= 0.6 is 11.6 Å². The SMILES string of the molecule is CCC1CCC(Oc2ccc3nc(CC4C5CCCC4CC(C(=O)O)C5)ccc3c2Cl)CC1. The summed E-state index contributed by atoms with van der Waals surface area (Å²) in [6, 6.07) is 8.24. The van der Waals surface area contributed by atoms with Gasteiger partial charge in [-0.05, 0) is 92.9 Å². The molecule has 0 radical (unpaired) electrons. The van der Waals surface area contributed by atoms with Gasteiger partial charge in [-0.15, -0.1) is 0 Å². The molecular formula is C28H36ClNO3. The first-order valence-corrected chi connectivity index (χ1v) is 13.4. The average Bonchev–Trinajstić information content (AvgIpc) is 2.81. The molecule has 3 fully saturated rings. The number of carboxylic acids is 1. The molecule has 5 heteroatoms. The minimum Gasteiger partial charge on any atom is -0.489 e. The van der Waals surface area contributed by atoms with Gasteiger partial charge in [-0.25, -0.2) is 0 Å². The Labute approximate surface area is 202 Å². The van der Waals surface area contributed by atoms with Crippen molar-refractivity contribution in [1.82, 2.24) is 4.98 Å². The number of aromatic nitrogens is 1. The Balaban J connectivity index is 1.29. The molecule has 2 aromatic rings. The number of carbonyl (C=O) groups is 1. The maximum absolute atomic E-state index is 11.6. The van der Waals surface area contributed by atoms with Crippen molar-refractivity contribution in [1.29, 1.82) is 0 Å². The third-order valence-electron chi connectivity index (χ3n) is 8.82. The average molecular weight is 470 g/mol. The number of pyridine rings is 1. The van der Waals surface area contributed by atoms with Crippen LogP contribution in [0.4, 0.5) is 0 Å². The van der Waals surface area contributed by atoms with Crippen LogP contribution in [0.15, 0.2) is 24.3 Å². The van der Waals surface area contributed by atoms with Gasteiger partial charge in [0, 0.05) is 11.1 Å². The van der Waals surface area contributed by atoms with E-state index in [4.69, 9.17) is 21.3 Å². The maximum Gasteiger partial charge on any atom is 0.306 e. The lowest BCUT2D eigenvalue weighted by molar-refractivity contribution is -0.145. The van der Waals surface area contributed by atoms with Gasteiger partial charge in [0.05, 0.1) is 22.6 Å². The molecule has 0 spiro atoms. The Kier molecular flexibility index (Phi) is 6.83. The van der Waals surface area contributed by atoms with Crippen molar-refractivity contribution in [3.05, 3.63) is 35.0 Å². The molecule has 178 valence electrons. The number of ether oxygens (including phenoxy) is 1. The zero-order valence-electron chi connectivity index (χ0n) is 19.6. The normalized spacial score (nSPS) is 31.9. The van der Waals surface area contributed by atoms with E-state index in [2.05, 4.69) is 19.1 Å². The van der Waals surface area contributed by atoms with Crippen LogP contribution in [-0.4, -0.2) is 22.2 Å². The third kappa shape index (κ3) is 4.87. The highest BCUT2D eigenvalue weighted by atomic mass is 35.5. The summed E-state index contributed by atoms with van der Waals surface area (Å²) in [5.41, 5.74) is 2.02. The van der Waals surface area contributed by atoms with Gasteiger partial charge in [-0.3, -0.25) is 9.78 Å². The van der Waals surface area contributed by atoms with E-state index in [1.165, 1.54) is 25.7 Å². The summed E-state index contributed by atoms with van der Waals surface area (Å²) in [5, 5.41) is 11.2. The Bertz CT molecular complexity index is 986. The zero-order chi connectivity index (χ0) is 22.9. The minimum absolute atomic E-state index is 0.157. The van der Waals surface area contributed by atoms with Crippen molar-refractivity contribution in [3.63, 3.8) is 0 Å². The second-order valence-electron chi connectivity index (χ2n) is 10.7. The molecule has 3 aliphatic rings. The number of nitrogens with zero attached hydrogens (tertiary/aromatic N) is 1. The van der Waals surface area contributed by atoms with Gasteiger partial charge in [0.25, 0.3) is 0 Å². The molecule has 1 heterocycles. The molecular weight excluding hydrogens is 434 g/mol. The Morgan fingerprint density at radius 1 is 1.06 bits per heavy atom. The van der Waals surface area contributed by atoms with E-state index in [9.17, 15) is 9.90 Å². The van der Waals surface area contributed by atoms with E-state index >= 15 is 0 Å². The standard InChI is InChI=1S/C28H36ClNO3/c1-2-17-6-9-22(10-7-17)33-26-13-12-25-23(27(26)29)11-8-21(30-25)16-24-18-4-3-5-19(24)15-20(14-18)28(31)32/h8,11-13,17-20,22,24H,2-7,9-10,14-16H2,1H3,(H,31,32). The number of aliphatic carboxylic acids is 1. The first kappa shape index (κ1) is 23.0. The topological polar surface area (TPSA) is 59.4 Å². The van der Waals surface area contributed by atoms with Gasteiger partial charge in [0.2, 0.25) is 0 Å². The van der Waals surface area contributed by atoms with Crippen LogP contribution in [0.5, 0.6) is 5.75 Å². The molecule has 3 aliphatic carbocycles. The quantitative estimate of drug-likeness (QED) is 0.481. The second-order valence-corrected chi connectivity index (χ2v) is 11.1. The summed E-state index contributed by atoms with van der Waals surface area (Å²) in [5.74, 6) is 2.43. The summed E-state index contributed by atoms with van der Waals surface area (Å²) in [4.78, 5) is 16.5. The number of rotatable bonds is 6. The Morgan fingerprint density at radius 2 is 1.79 bits per heavy atom. The molecule has 0 aliphatic heterocycles. The Hall–Kier alpha value is -1.81.